The second-order valence-corrected chi connectivity index (χ2v) is 4.88. The molecule has 0 saturated heterocycles. The zero-order valence-electron chi connectivity index (χ0n) is 10.1. The van der Waals surface area contributed by atoms with Crippen LogP contribution in [0.5, 0.6) is 0 Å². The molecule has 88 valence electrons. The van der Waals surface area contributed by atoms with Crippen LogP contribution in [0.2, 0.25) is 0 Å². The molecule has 4 unspecified atom stereocenters. The first-order chi connectivity index (χ1) is 7.04. The van der Waals surface area contributed by atoms with E-state index in [1.54, 1.807) is 0 Å². The van der Waals surface area contributed by atoms with E-state index in [2.05, 4.69) is 13.8 Å². The van der Waals surface area contributed by atoms with Gasteiger partial charge in [-0.3, -0.25) is 5.41 Å². The minimum atomic E-state index is -0.171. The molecule has 1 saturated carbocycles. The number of nitrogens with one attached hydrogen (secondary N) is 1. The molecule has 3 heteroatoms. The Morgan fingerprint density at radius 2 is 2.07 bits per heavy atom. The molecule has 0 aromatic carbocycles. The molecule has 1 aliphatic carbocycles. The number of hydrogen-bond donors (Lipinski definition) is 2. The molecular weight excluding hydrogens is 188 g/mol. The first-order valence-electron chi connectivity index (χ1n) is 6.04. The number of hydrogen-bond acceptors (Lipinski definition) is 2. The SMILES string of the molecule is CCC(OC1CCC(C)C(C)C1)C(=N)N. The van der Waals surface area contributed by atoms with Crippen molar-refractivity contribution in [1.82, 2.24) is 0 Å². The van der Waals surface area contributed by atoms with Crippen LogP contribution in [-0.2, 0) is 4.74 Å². The zero-order chi connectivity index (χ0) is 11.4. The Bertz CT molecular complexity index is 218. The van der Waals surface area contributed by atoms with Crippen molar-refractivity contribution in [2.24, 2.45) is 17.6 Å². The smallest absolute Gasteiger partial charge is 0.120 e. The lowest BCUT2D eigenvalue weighted by molar-refractivity contribution is -0.0215. The molecule has 3 N–H and O–H groups in total. The molecule has 4 atom stereocenters. The van der Waals surface area contributed by atoms with Crippen LogP contribution in [0.1, 0.15) is 46.5 Å². The maximum atomic E-state index is 7.41. The highest BCUT2D eigenvalue weighted by Crippen LogP contribution is 2.31. The van der Waals surface area contributed by atoms with Gasteiger partial charge < -0.3 is 10.5 Å². The van der Waals surface area contributed by atoms with Crippen molar-refractivity contribution in [2.45, 2.75) is 58.7 Å². The summed E-state index contributed by atoms with van der Waals surface area (Å²) in [4.78, 5) is 0. The van der Waals surface area contributed by atoms with Crippen LogP contribution < -0.4 is 5.73 Å². The normalized spacial score (nSPS) is 33.7. The van der Waals surface area contributed by atoms with Gasteiger partial charge in [0.2, 0.25) is 0 Å². The van der Waals surface area contributed by atoms with Crippen LogP contribution in [0, 0.1) is 17.2 Å². The van der Waals surface area contributed by atoms with Gasteiger partial charge in [-0.05, 0) is 37.5 Å². The second kappa shape index (κ2) is 5.50. The molecule has 0 spiro atoms. The lowest BCUT2D eigenvalue weighted by Gasteiger charge is -2.33. The van der Waals surface area contributed by atoms with E-state index in [0.717, 1.165) is 31.1 Å². The monoisotopic (exact) mass is 212 g/mol. The molecule has 3 nitrogen and oxygen atoms in total. The van der Waals surface area contributed by atoms with E-state index < -0.39 is 0 Å². The third-order valence-electron chi connectivity index (χ3n) is 3.62. The van der Waals surface area contributed by atoms with Gasteiger partial charge in [-0.2, -0.15) is 0 Å². The van der Waals surface area contributed by atoms with Gasteiger partial charge in [-0.1, -0.05) is 20.8 Å². The fourth-order valence-electron chi connectivity index (χ4n) is 2.24. The fourth-order valence-corrected chi connectivity index (χ4v) is 2.24. The van der Waals surface area contributed by atoms with Crippen LogP contribution in [-0.4, -0.2) is 18.0 Å². The van der Waals surface area contributed by atoms with Crippen molar-refractivity contribution in [3.8, 4) is 0 Å². The van der Waals surface area contributed by atoms with Crippen molar-refractivity contribution in [1.29, 1.82) is 5.41 Å². The lowest BCUT2D eigenvalue weighted by atomic mass is 9.80. The summed E-state index contributed by atoms with van der Waals surface area (Å²) in [5.41, 5.74) is 5.48. The Kier molecular flexibility index (Phi) is 4.58. The highest BCUT2D eigenvalue weighted by atomic mass is 16.5. The van der Waals surface area contributed by atoms with E-state index in [1.165, 1.54) is 6.42 Å². The van der Waals surface area contributed by atoms with Crippen LogP contribution >= 0.6 is 0 Å². The third-order valence-corrected chi connectivity index (χ3v) is 3.62. The van der Waals surface area contributed by atoms with E-state index in [9.17, 15) is 0 Å². The van der Waals surface area contributed by atoms with Crippen LogP contribution in [0.25, 0.3) is 0 Å². The minimum Gasteiger partial charge on any atom is -0.385 e. The highest BCUT2D eigenvalue weighted by molar-refractivity contribution is 5.81. The third kappa shape index (κ3) is 3.49. The van der Waals surface area contributed by atoms with Crippen LogP contribution in [0.3, 0.4) is 0 Å². The van der Waals surface area contributed by atoms with Gasteiger partial charge in [0.05, 0.1) is 6.10 Å². The van der Waals surface area contributed by atoms with E-state index in [4.69, 9.17) is 15.9 Å². The summed E-state index contributed by atoms with van der Waals surface area (Å²) in [5.74, 6) is 1.71. The molecule has 0 aromatic heterocycles. The molecule has 0 heterocycles. The summed E-state index contributed by atoms with van der Waals surface area (Å²) in [6.07, 6.45) is 4.41. The molecule has 1 rings (SSSR count). The largest absolute Gasteiger partial charge is 0.385 e. The fraction of sp³-hybridized carbons (Fsp3) is 0.917. The summed E-state index contributed by atoms with van der Waals surface area (Å²) in [5, 5.41) is 7.41. The van der Waals surface area contributed by atoms with Crippen molar-refractivity contribution in [2.75, 3.05) is 0 Å². The minimum absolute atomic E-state index is 0.170. The predicted molar refractivity (Wildman–Crippen MR) is 63.0 cm³/mol. The Hall–Kier alpha value is -0.570. The maximum Gasteiger partial charge on any atom is 0.120 e. The summed E-state index contributed by atoms with van der Waals surface area (Å²) < 4.78 is 5.87. The Morgan fingerprint density at radius 3 is 2.53 bits per heavy atom. The Labute approximate surface area is 92.9 Å². The Balaban J connectivity index is 2.42. The number of nitrogens with two attached hydrogens (primary N) is 1. The standard InChI is InChI=1S/C12H24N2O/c1-4-11(12(13)14)15-10-6-5-8(2)9(3)7-10/h8-11H,4-7H2,1-3H3,(H3,13,14). The van der Waals surface area contributed by atoms with Gasteiger partial charge in [0.25, 0.3) is 0 Å². The van der Waals surface area contributed by atoms with Crippen molar-refractivity contribution in [3.63, 3.8) is 0 Å². The molecule has 0 aromatic rings. The summed E-state index contributed by atoms with van der Waals surface area (Å²) >= 11 is 0. The molecule has 0 bridgehead atoms. The number of ether oxygens (including phenoxy) is 1. The Morgan fingerprint density at radius 1 is 1.40 bits per heavy atom. The first kappa shape index (κ1) is 12.5. The molecule has 15 heavy (non-hydrogen) atoms. The summed E-state index contributed by atoms with van der Waals surface area (Å²) in [7, 11) is 0. The predicted octanol–water partition coefficient (Wildman–Crippen LogP) is 2.54. The zero-order valence-corrected chi connectivity index (χ0v) is 10.1. The average Bonchev–Trinajstić information content (AvgIpc) is 2.19. The molecule has 0 amide bonds. The van der Waals surface area contributed by atoms with E-state index in [1.807, 2.05) is 6.92 Å². The van der Waals surface area contributed by atoms with Crippen molar-refractivity contribution in [3.05, 3.63) is 0 Å². The van der Waals surface area contributed by atoms with Crippen molar-refractivity contribution >= 4 is 5.84 Å². The summed E-state index contributed by atoms with van der Waals surface area (Å²) in [6.45, 7) is 6.61. The average molecular weight is 212 g/mol. The van der Waals surface area contributed by atoms with Gasteiger partial charge in [-0.25, -0.2) is 0 Å². The molecule has 1 aliphatic rings. The quantitative estimate of drug-likeness (QED) is 0.555. The van der Waals surface area contributed by atoms with Gasteiger partial charge in [0, 0.05) is 0 Å². The van der Waals surface area contributed by atoms with Crippen molar-refractivity contribution < 1.29 is 4.74 Å². The van der Waals surface area contributed by atoms with E-state index in [-0.39, 0.29) is 11.9 Å². The maximum absolute atomic E-state index is 7.41. The topological polar surface area (TPSA) is 59.1 Å². The first-order valence-corrected chi connectivity index (χ1v) is 6.04. The van der Waals surface area contributed by atoms with E-state index >= 15 is 0 Å². The second-order valence-electron chi connectivity index (χ2n) is 4.88. The molecule has 0 radical (unpaired) electrons. The summed E-state index contributed by atoms with van der Waals surface area (Å²) in [6, 6.07) is 0. The van der Waals surface area contributed by atoms with Gasteiger partial charge in [0.1, 0.15) is 11.9 Å². The van der Waals surface area contributed by atoms with Crippen LogP contribution in [0.4, 0.5) is 0 Å². The number of amidine groups is 1. The van der Waals surface area contributed by atoms with Crippen LogP contribution in [0.15, 0.2) is 0 Å². The lowest BCUT2D eigenvalue weighted by Crippen LogP contribution is -2.36. The molecule has 1 fully saturated rings. The molecular formula is C12H24N2O. The van der Waals surface area contributed by atoms with Gasteiger partial charge >= 0.3 is 0 Å². The van der Waals surface area contributed by atoms with Gasteiger partial charge in [0.15, 0.2) is 0 Å². The van der Waals surface area contributed by atoms with E-state index in [0.29, 0.717) is 6.10 Å². The number of rotatable bonds is 4. The highest BCUT2D eigenvalue weighted by Gasteiger charge is 2.27. The molecule has 0 aliphatic heterocycles. The van der Waals surface area contributed by atoms with Gasteiger partial charge in [-0.15, -0.1) is 0 Å².